The normalized spacial score (nSPS) is 10.9. The second kappa shape index (κ2) is 8.75. The minimum Gasteiger partial charge on any atom is -0.493 e. The van der Waals surface area contributed by atoms with Gasteiger partial charge in [0.25, 0.3) is 0 Å². The van der Waals surface area contributed by atoms with Gasteiger partial charge in [-0.05, 0) is 36.6 Å². The van der Waals surface area contributed by atoms with Gasteiger partial charge in [-0.2, -0.15) is 5.10 Å². The molecule has 164 valence electrons. The van der Waals surface area contributed by atoms with Crippen molar-refractivity contribution in [1.29, 1.82) is 0 Å². The number of ether oxygens (including phenoxy) is 3. The summed E-state index contributed by atoms with van der Waals surface area (Å²) in [5.74, 6) is 1.47. The van der Waals surface area contributed by atoms with Crippen molar-refractivity contribution in [2.24, 2.45) is 0 Å². The molecule has 0 spiro atoms. The Kier molecular flexibility index (Phi) is 5.87. The molecular formula is C22H20N4O5S. The van der Waals surface area contributed by atoms with Crippen LogP contribution in [-0.2, 0) is 0 Å². The third-order valence-corrected chi connectivity index (χ3v) is 5.73. The van der Waals surface area contributed by atoms with Crippen LogP contribution in [0.3, 0.4) is 0 Å². The molecule has 32 heavy (non-hydrogen) atoms. The van der Waals surface area contributed by atoms with Crippen LogP contribution in [0.1, 0.15) is 0 Å². The van der Waals surface area contributed by atoms with Crippen molar-refractivity contribution >= 4 is 23.1 Å². The summed E-state index contributed by atoms with van der Waals surface area (Å²) in [5.41, 5.74) is 3.29. The summed E-state index contributed by atoms with van der Waals surface area (Å²) in [4.78, 5) is 16.3. The quantitative estimate of drug-likeness (QED) is 0.226. The van der Waals surface area contributed by atoms with Gasteiger partial charge in [0.05, 0.1) is 42.5 Å². The molecule has 0 N–H and O–H groups in total. The maximum Gasteiger partial charge on any atom is 0.311 e. The molecule has 0 fully saturated rings. The van der Waals surface area contributed by atoms with Crippen LogP contribution < -0.4 is 14.2 Å². The molecule has 4 rings (SSSR count). The number of aromatic nitrogens is 3. The fraction of sp³-hybridized carbons (Fsp3) is 0.182. The van der Waals surface area contributed by atoms with E-state index in [1.807, 2.05) is 24.5 Å². The van der Waals surface area contributed by atoms with Crippen LogP contribution in [0.25, 0.3) is 28.2 Å². The summed E-state index contributed by atoms with van der Waals surface area (Å²) in [6.07, 6.45) is 3.66. The number of hydrogen-bond acceptors (Lipinski definition) is 8. The third-order valence-electron chi connectivity index (χ3n) is 4.99. The Morgan fingerprint density at radius 3 is 2.41 bits per heavy atom. The van der Waals surface area contributed by atoms with Crippen LogP contribution in [-0.4, -0.2) is 47.1 Å². The van der Waals surface area contributed by atoms with E-state index in [-0.39, 0.29) is 11.4 Å². The largest absolute Gasteiger partial charge is 0.493 e. The topological polar surface area (TPSA) is 101 Å². The van der Waals surface area contributed by atoms with E-state index in [4.69, 9.17) is 14.2 Å². The van der Waals surface area contributed by atoms with Crippen molar-refractivity contribution in [3.63, 3.8) is 0 Å². The van der Waals surface area contributed by atoms with E-state index in [0.717, 1.165) is 16.2 Å². The summed E-state index contributed by atoms with van der Waals surface area (Å²) < 4.78 is 17.8. The lowest BCUT2D eigenvalue weighted by molar-refractivity contribution is -0.385. The smallest absolute Gasteiger partial charge is 0.311 e. The van der Waals surface area contributed by atoms with Gasteiger partial charge in [-0.1, -0.05) is 0 Å². The molecule has 0 saturated carbocycles. The number of benzene rings is 2. The highest BCUT2D eigenvalue weighted by Gasteiger charge is 2.19. The van der Waals surface area contributed by atoms with Crippen molar-refractivity contribution < 1.29 is 19.1 Å². The van der Waals surface area contributed by atoms with Gasteiger partial charge in [-0.15, -0.1) is 11.8 Å². The number of nitro groups is 1. The summed E-state index contributed by atoms with van der Waals surface area (Å²) >= 11 is 1.55. The lowest BCUT2D eigenvalue weighted by Gasteiger charge is -2.14. The monoisotopic (exact) mass is 452 g/mol. The zero-order chi connectivity index (χ0) is 22.8. The molecule has 0 saturated heterocycles. The molecule has 0 radical (unpaired) electrons. The number of nitro benzene ring substituents is 1. The van der Waals surface area contributed by atoms with Crippen LogP contribution >= 0.6 is 11.8 Å². The second-order valence-corrected chi connectivity index (χ2v) is 7.54. The minimum atomic E-state index is -0.477. The van der Waals surface area contributed by atoms with Gasteiger partial charge in [0.15, 0.2) is 22.9 Å². The molecule has 2 aromatic heterocycles. The Morgan fingerprint density at radius 1 is 0.969 bits per heavy atom. The second-order valence-electron chi connectivity index (χ2n) is 6.69. The zero-order valence-electron chi connectivity index (χ0n) is 17.9. The molecule has 10 heteroatoms. The summed E-state index contributed by atoms with van der Waals surface area (Å²) in [6, 6.07) is 12.3. The number of nitrogens with zero attached hydrogens (tertiary/aromatic N) is 4. The van der Waals surface area contributed by atoms with Gasteiger partial charge in [-0.3, -0.25) is 10.1 Å². The number of methoxy groups -OCH3 is 3. The maximum atomic E-state index is 11.4. The fourth-order valence-corrected chi connectivity index (χ4v) is 4.09. The van der Waals surface area contributed by atoms with E-state index in [2.05, 4.69) is 10.1 Å². The highest BCUT2D eigenvalue weighted by molar-refractivity contribution is 7.98. The molecule has 0 atom stereocenters. The minimum absolute atomic E-state index is 0.125. The third kappa shape index (κ3) is 3.69. The Labute approximate surface area is 188 Å². The van der Waals surface area contributed by atoms with Crippen molar-refractivity contribution in [3.8, 4) is 39.8 Å². The first-order chi connectivity index (χ1) is 15.5. The predicted molar refractivity (Wildman–Crippen MR) is 122 cm³/mol. The molecule has 4 aromatic rings. The average molecular weight is 452 g/mol. The van der Waals surface area contributed by atoms with Crippen LogP contribution in [0.15, 0.2) is 53.6 Å². The van der Waals surface area contributed by atoms with Gasteiger partial charge >= 0.3 is 5.69 Å². The summed E-state index contributed by atoms with van der Waals surface area (Å²) in [7, 11) is 4.60. The lowest BCUT2D eigenvalue weighted by atomic mass is 10.1. The fourth-order valence-electron chi connectivity index (χ4n) is 3.48. The predicted octanol–water partition coefficient (Wildman–Crippen LogP) is 4.72. The molecule has 2 heterocycles. The van der Waals surface area contributed by atoms with Crippen molar-refractivity contribution in [2.75, 3.05) is 27.6 Å². The Balaban J connectivity index is 1.87. The first kappa shape index (κ1) is 21.4. The number of fused-ring (bicyclic) bond motifs is 1. The van der Waals surface area contributed by atoms with Crippen molar-refractivity contribution in [3.05, 3.63) is 58.8 Å². The Morgan fingerprint density at radius 2 is 1.75 bits per heavy atom. The zero-order valence-corrected chi connectivity index (χ0v) is 18.7. The molecule has 0 amide bonds. The Hall–Kier alpha value is -3.79. The van der Waals surface area contributed by atoms with E-state index in [1.54, 1.807) is 54.9 Å². The standard InChI is InChI=1S/C22H20N4O5S/c1-29-18-6-5-13(9-17(18)26(27)28)15-12-21-23-8-7-16(25(21)24-15)14-10-19(30-2)22(31-3)20(11-14)32-4/h5-12H,1-4H3. The molecular weight excluding hydrogens is 432 g/mol. The van der Waals surface area contributed by atoms with Crippen LogP contribution in [0.4, 0.5) is 5.69 Å². The van der Waals surface area contributed by atoms with E-state index < -0.39 is 4.92 Å². The highest BCUT2D eigenvalue weighted by atomic mass is 32.2. The summed E-state index contributed by atoms with van der Waals surface area (Å²) in [5, 5.41) is 16.1. The van der Waals surface area contributed by atoms with Crippen molar-refractivity contribution in [1.82, 2.24) is 14.6 Å². The molecule has 0 aliphatic carbocycles. The van der Waals surface area contributed by atoms with Gasteiger partial charge in [0.2, 0.25) is 0 Å². The number of hydrogen-bond donors (Lipinski definition) is 0. The van der Waals surface area contributed by atoms with E-state index in [0.29, 0.717) is 28.4 Å². The molecule has 0 unspecified atom stereocenters. The molecule has 2 aromatic carbocycles. The van der Waals surface area contributed by atoms with Crippen LogP contribution in [0, 0.1) is 10.1 Å². The highest BCUT2D eigenvalue weighted by Crippen LogP contribution is 2.41. The summed E-state index contributed by atoms with van der Waals surface area (Å²) in [6.45, 7) is 0. The molecule has 0 bridgehead atoms. The van der Waals surface area contributed by atoms with E-state index >= 15 is 0 Å². The van der Waals surface area contributed by atoms with Crippen molar-refractivity contribution in [2.45, 2.75) is 4.90 Å². The molecule has 0 aliphatic heterocycles. The molecule has 0 aliphatic rings. The first-order valence-electron chi connectivity index (χ1n) is 9.48. The lowest BCUT2D eigenvalue weighted by Crippen LogP contribution is -1.98. The number of thioether (sulfide) groups is 1. The van der Waals surface area contributed by atoms with E-state index in [1.165, 1.54) is 13.2 Å². The molecule has 9 nitrogen and oxygen atoms in total. The van der Waals surface area contributed by atoms with Gasteiger partial charge in [0.1, 0.15) is 0 Å². The first-order valence-corrected chi connectivity index (χ1v) is 10.7. The van der Waals surface area contributed by atoms with Crippen LogP contribution in [0.2, 0.25) is 0 Å². The maximum absolute atomic E-state index is 11.4. The van der Waals surface area contributed by atoms with Gasteiger partial charge < -0.3 is 14.2 Å². The average Bonchev–Trinajstić information content (AvgIpc) is 3.27. The van der Waals surface area contributed by atoms with Gasteiger partial charge in [-0.25, -0.2) is 9.50 Å². The van der Waals surface area contributed by atoms with E-state index in [9.17, 15) is 10.1 Å². The Bertz CT molecular complexity index is 1300. The SMILES string of the molecule is COc1ccc(-c2cc3nccc(-c4cc(OC)c(OC)c(SC)c4)n3n2)cc1[N+](=O)[O-]. The number of rotatable bonds is 7. The van der Waals surface area contributed by atoms with Gasteiger partial charge in [0, 0.05) is 29.5 Å². The van der Waals surface area contributed by atoms with Crippen LogP contribution in [0.5, 0.6) is 17.2 Å².